The van der Waals surface area contributed by atoms with E-state index in [1.165, 1.54) is 24.0 Å². The molecule has 15 heavy (non-hydrogen) atoms. The van der Waals surface area contributed by atoms with E-state index in [4.69, 9.17) is 11.6 Å². The summed E-state index contributed by atoms with van der Waals surface area (Å²) in [4.78, 5) is 0. The van der Waals surface area contributed by atoms with E-state index >= 15 is 0 Å². The van der Waals surface area contributed by atoms with Gasteiger partial charge in [-0.2, -0.15) is 0 Å². The van der Waals surface area contributed by atoms with E-state index in [-0.39, 0.29) is 11.2 Å². The average Bonchev–Trinajstić information content (AvgIpc) is 2.84. The summed E-state index contributed by atoms with van der Waals surface area (Å²) in [7, 11) is 0. The molecule has 1 N–H and O–H groups in total. The number of benzene rings is 1. The van der Waals surface area contributed by atoms with E-state index in [2.05, 4.69) is 20.8 Å². The third kappa shape index (κ3) is 2.12. The van der Waals surface area contributed by atoms with Gasteiger partial charge in [-0.25, -0.2) is 0 Å². The Hall–Kier alpha value is -0.690. The van der Waals surface area contributed by atoms with Gasteiger partial charge in [0.25, 0.3) is 0 Å². The zero-order valence-electron chi connectivity index (χ0n) is 9.47. The van der Waals surface area contributed by atoms with Gasteiger partial charge in [-0.15, -0.1) is 0 Å². The van der Waals surface area contributed by atoms with Crippen molar-refractivity contribution in [1.29, 1.82) is 0 Å². The SMILES string of the molecule is CC(C)(C)c1cc(O)cc(Cl)c1C1CC1. The van der Waals surface area contributed by atoms with Crippen LogP contribution in [-0.4, -0.2) is 5.11 Å². The molecule has 1 saturated carbocycles. The fourth-order valence-electron chi connectivity index (χ4n) is 2.01. The van der Waals surface area contributed by atoms with Crippen LogP contribution in [0.3, 0.4) is 0 Å². The standard InChI is InChI=1S/C13H17ClO/c1-13(2,3)10-6-9(15)7-11(14)12(10)8-4-5-8/h6-8,15H,4-5H2,1-3H3. The normalized spacial score (nSPS) is 16.8. The number of hydrogen-bond donors (Lipinski definition) is 1. The first-order valence-electron chi connectivity index (χ1n) is 5.42. The molecule has 0 spiro atoms. The summed E-state index contributed by atoms with van der Waals surface area (Å²) < 4.78 is 0. The van der Waals surface area contributed by atoms with Crippen molar-refractivity contribution in [3.63, 3.8) is 0 Å². The molecule has 0 heterocycles. The van der Waals surface area contributed by atoms with Crippen molar-refractivity contribution < 1.29 is 5.11 Å². The predicted octanol–water partition coefficient (Wildman–Crippen LogP) is 4.22. The van der Waals surface area contributed by atoms with Crippen molar-refractivity contribution in [2.75, 3.05) is 0 Å². The van der Waals surface area contributed by atoms with Gasteiger partial charge in [0.1, 0.15) is 5.75 Å². The summed E-state index contributed by atoms with van der Waals surface area (Å²) in [6.07, 6.45) is 2.46. The van der Waals surface area contributed by atoms with E-state index in [0.717, 1.165) is 5.02 Å². The van der Waals surface area contributed by atoms with Crippen molar-refractivity contribution in [3.8, 4) is 5.75 Å². The van der Waals surface area contributed by atoms with Crippen molar-refractivity contribution >= 4 is 11.6 Å². The second-order valence-electron chi connectivity index (χ2n) is 5.41. The first kappa shape index (κ1) is 10.8. The van der Waals surface area contributed by atoms with Crippen LogP contribution in [-0.2, 0) is 5.41 Å². The highest BCUT2D eigenvalue weighted by Gasteiger charge is 2.32. The van der Waals surface area contributed by atoms with Crippen molar-refractivity contribution in [2.24, 2.45) is 0 Å². The summed E-state index contributed by atoms with van der Waals surface area (Å²) in [5.74, 6) is 0.890. The van der Waals surface area contributed by atoms with E-state index in [9.17, 15) is 5.11 Å². The Morgan fingerprint density at radius 2 is 1.87 bits per heavy atom. The van der Waals surface area contributed by atoms with Crippen LogP contribution in [0.2, 0.25) is 5.02 Å². The van der Waals surface area contributed by atoms with Gasteiger partial charge in [-0.1, -0.05) is 32.4 Å². The summed E-state index contributed by atoms with van der Waals surface area (Å²) in [5, 5.41) is 10.3. The zero-order chi connectivity index (χ0) is 11.2. The van der Waals surface area contributed by atoms with Gasteiger partial charge in [0.2, 0.25) is 0 Å². The van der Waals surface area contributed by atoms with E-state index in [1.807, 2.05) is 6.07 Å². The second-order valence-corrected chi connectivity index (χ2v) is 5.82. The predicted molar refractivity (Wildman–Crippen MR) is 63.8 cm³/mol. The molecule has 1 fully saturated rings. The van der Waals surface area contributed by atoms with E-state index < -0.39 is 0 Å². The first-order chi connectivity index (χ1) is 6.89. The minimum Gasteiger partial charge on any atom is -0.508 e. The van der Waals surface area contributed by atoms with E-state index in [0.29, 0.717) is 5.92 Å². The van der Waals surface area contributed by atoms with Crippen LogP contribution in [0.4, 0.5) is 0 Å². The Morgan fingerprint density at radius 1 is 1.27 bits per heavy atom. The number of phenols is 1. The van der Waals surface area contributed by atoms with Crippen molar-refractivity contribution in [3.05, 3.63) is 28.3 Å². The maximum atomic E-state index is 9.60. The Labute approximate surface area is 96.1 Å². The number of hydrogen-bond acceptors (Lipinski definition) is 1. The van der Waals surface area contributed by atoms with Gasteiger partial charge >= 0.3 is 0 Å². The van der Waals surface area contributed by atoms with Crippen LogP contribution in [0.5, 0.6) is 5.75 Å². The lowest BCUT2D eigenvalue weighted by Crippen LogP contribution is -2.14. The lowest BCUT2D eigenvalue weighted by molar-refractivity contribution is 0.470. The topological polar surface area (TPSA) is 20.2 Å². The molecule has 0 atom stereocenters. The number of rotatable bonds is 1. The van der Waals surface area contributed by atoms with Gasteiger partial charge in [-0.3, -0.25) is 0 Å². The van der Waals surface area contributed by atoms with Crippen LogP contribution in [0.25, 0.3) is 0 Å². The second kappa shape index (κ2) is 3.41. The molecule has 1 aliphatic rings. The van der Waals surface area contributed by atoms with Crippen LogP contribution >= 0.6 is 11.6 Å². The van der Waals surface area contributed by atoms with Crippen LogP contribution in [0.1, 0.15) is 50.7 Å². The summed E-state index contributed by atoms with van der Waals surface area (Å²) in [5.41, 5.74) is 2.48. The Morgan fingerprint density at radius 3 is 2.33 bits per heavy atom. The summed E-state index contributed by atoms with van der Waals surface area (Å²) >= 11 is 6.22. The molecule has 2 heteroatoms. The lowest BCUT2D eigenvalue weighted by atomic mass is 9.82. The average molecular weight is 225 g/mol. The molecule has 0 saturated heterocycles. The molecular weight excluding hydrogens is 208 g/mol. The number of halogens is 1. The maximum Gasteiger partial charge on any atom is 0.117 e. The third-order valence-corrected chi connectivity index (χ3v) is 3.22. The minimum absolute atomic E-state index is 0.0420. The molecule has 1 aromatic rings. The van der Waals surface area contributed by atoms with Crippen LogP contribution < -0.4 is 0 Å². The van der Waals surface area contributed by atoms with Gasteiger partial charge in [-0.05, 0) is 47.4 Å². The molecule has 2 rings (SSSR count). The molecule has 0 aliphatic heterocycles. The highest BCUT2D eigenvalue weighted by Crippen LogP contribution is 2.48. The molecule has 0 bridgehead atoms. The lowest BCUT2D eigenvalue weighted by Gasteiger charge is -2.24. The molecule has 1 nitrogen and oxygen atoms in total. The van der Waals surface area contributed by atoms with Gasteiger partial charge < -0.3 is 5.11 Å². The molecule has 1 aliphatic carbocycles. The molecule has 0 radical (unpaired) electrons. The van der Waals surface area contributed by atoms with Crippen molar-refractivity contribution in [1.82, 2.24) is 0 Å². The highest BCUT2D eigenvalue weighted by molar-refractivity contribution is 6.31. The fourth-order valence-corrected chi connectivity index (χ4v) is 2.38. The number of aromatic hydroxyl groups is 1. The van der Waals surface area contributed by atoms with E-state index in [1.54, 1.807) is 6.07 Å². The monoisotopic (exact) mass is 224 g/mol. The fraction of sp³-hybridized carbons (Fsp3) is 0.538. The Bertz CT molecular complexity index is 386. The molecule has 0 amide bonds. The quantitative estimate of drug-likeness (QED) is 0.757. The number of phenolic OH excluding ortho intramolecular Hbond substituents is 1. The smallest absolute Gasteiger partial charge is 0.117 e. The Balaban J connectivity index is 2.59. The van der Waals surface area contributed by atoms with Crippen molar-refractivity contribution in [2.45, 2.75) is 44.9 Å². The molecule has 0 unspecified atom stereocenters. The molecule has 0 aromatic heterocycles. The Kier molecular flexibility index (Phi) is 2.46. The van der Waals surface area contributed by atoms with Crippen LogP contribution in [0, 0.1) is 0 Å². The molecule has 82 valence electrons. The zero-order valence-corrected chi connectivity index (χ0v) is 10.2. The maximum absolute atomic E-state index is 9.60. The minimum atomic E-state index is 0.0420. The summed E-state index contributed by atoms with van der Waals surface area (Å²) in [6, 6.07) is 3.52. The first-order valence-corrected chi connectivity index (χ1v) is 5.80. The summed E-state index contributed by atoms with van der Waals surface area (Å²) in [6.45, 7) is 6.47. The molecule has 1 aromatic carbocycles. The largest absolute Gasteiger partial charge is 0.508 e. The van der Waals surface area contributed by atoms with Gasteiger partial charge in [0.05, 0.1) is 0 Å². The third-order valence-electron chi connectivity index (χ3n) is 2.91. The van der Waals surface area contributed by atoms with Crippen LogP contribution in [0.15, 0.2) is 12.1 Å². The van der Waals surface area contributed by atoms with Gasteiger partial charge in [0, 0.05) is 5.02 Å². The van der Waals surface area contributed by atoms with Gasteiger partial charge in [0.15, 0.2) is 0 Å². The highest BCUT2D eigenvalue weighted by atomic mass is 35.5. The molecular formula is C13H17ClO.